The van der Waals surface area contributed by atoms with Crippen LogP contribution < -0.4 is 15.4 Å². The summed E-state index contributed by atoms with van der Waals surface area (Å²) in [5, 5.41) is 5.59. The molecule has 0 radical (unpaired) electrons. The lowest BCUT2D eigenvalue weighted by molar-refractivity contribution is -0.135. The van der Waals surface area contributed by atoms with Gasteiger partial charge in [-0.15, -0.1) is 0 Å². The maximum Gasteiger partial charge on any atom is 0.325 e. The molecule has 1 aromatic carbocycles. The number of hydrogen-bond acceptors (Lipinski definition) is 4. The van der Waals surface area contributed by atoms with Crippen LogP contribution in [0.4, 0.5) is 4.79 Å². The Morgan fingerprint density at radius 2 is 1.89 bits per heavy atom. The third kappa shape index (κ3) is 5.03. The summed E-state index contributed by atoms with van der Waals surface area (Å²) in [6.45, 7) is 5.46. The largest absolute Gasteiger partial charge is 0.497 e. The minimum absolute atomic E-state index is 0.0121. The number of methoxy groups -OCH3 is 1. The van der Waals surface area contributed by atoms with Crippen molar-refractivity contribution < 1.29 is 19.1 Å². The van der Waals surface area contributed by atoms with Crippen LogP contribution in [-0.2, 0) is 15.1 Å². The summed E-state index contributed by atoms with van der Waals surface area (Å²) in [5.41, 5.74) is -0.561. The molecule has 154 valence electrons. The lowest BCUT2D eigenvalue weighted by Gasteiger charge is -2.22. The molecule has 1 aliphatic heterocycles. The van der Waals surface area contributed by atoms with E-state index in [0.717, 1.165) is 24.2 Å². The molecule has 0 unspecified atom stereocenters. The molecule has 1 heterocycles. The summed E-state index contributed by atoms with van der Waals surface area (Å²) in [7, 11) is 1.56. The molecule has 0 aliphatic carbocycles. The second-order valence-corrected chi connectivity index (χ2v) is 7.49. The van der Waals surface area contributed by atoms with E-state index in [-0.39, 0.29) is 18.5 Å². The van der Waals surface area contributed by atoms with Crippen molar-refractivity contribution in [2.75, 3.05) is 13.7 Å². The summed E-state index contributed by atoms with van der Waals surface area (Å²) in [5.74, 6) is -0.104. The number of urea groups is 1. The van der Waals surface area contributed by atoms with Gasteiger partial charge in [-0.2, -0.15) is 0 Å². The lowest BCUT2D eigenvalue weighted by atomic mass is 9.92. The van der Waals surface area contributed by atoms with Gasteiger partial charge in [-0.05, 0) is 38.0 Å². The second kappa shape index (κ2) is 9.57. The van der Waals surface area contributed by atoms with Crippen LogP contribution in [0.3, 0.4) is 0 Å². The van der Waals surface area contributed by atoms with Crippen LogP contribution in [0.5, 0.6) is 5.75 Å². The lowest BCUT2D eigenvalue weighted by Crippen LogP contribution is -2.45. The Hall–Kier alpha value is -2.57. The molecule has 1 fully saturated rings. The van der Waals surface area contributed by atoms with Gasteiger partial charge in [0.25, 0.3) is 5.91 Å². The van der Waals surface area contributed by atoms with Crippen LogP contribution in [0.2, 0.25) is 0 Å². The van der Waals surface area contributed by atoms with Gasteiger partial charge in [-0.1, -0.05) is 44.7 Å². The summed E-state index contributed by atoms with van der Waals surface area (Å²) < 4.78 is 5.13. The Balaban J connectivity index is 1.96. The molecule has 2 rings (SSSR count). The van der Waals surface area contributed by atoms with Crippen molar-refractivity contribution in [2.24, 2.45) is 0 Å². The number of hydrogen-bond donors (Lipinski definition) is 2. The fourth-order valence-corrected chi connectivity index (χ4v) is 3.37. The number of nitrogens with zero attached hydrogens (tertiary/aromatic N) is 1. The van der Waals surface area contributed by atoms with Crippen LogP contribution in [0.1, 0.15) is 58.4 Å². The van der Waals surface area contributed by atoms with Crippen molar-refractivity contribution in [3.8, 4) is 5.75 Å². The van der Waals surface area contributed by atoms with Crippen molar-refractivity contribution >= 4 is 17.8 Å². The first kappa shape index (κ1) is 21.7. The van der Waals surface area contributed by atoms with Gasteiger partial charge in [0, 0.05) is 6.04 Å². The molecule has 1 aromatic rings. The van der Waals surface area contributed by atoms with E-state index in [9.17, 15) is 14.4 Å². The van der Waals surface area contributed by atoms with Gasteiger partial charge < -0.3 is 15.4 Å². The Kier molecular flexibility index (Phi) is 7.43. The SMILES string of the molecule is CCCCCC[C@@H](C)NC(=O)CN1C(=O)N[C@](C)(c2ccc(OC)cc2)C1=O. The molecule has 4 amide bonds. The molecule has 2 N–H and O–H groups in total. The molecule has 1 saturated heterocycles. The van der Waals surface area contributed by atoms with Crippen LogP contribution in [0.25, 0.3) is 0 Å². The van der Waals surface area contributed by atoms with Gasteiger partial charge in [0.1, 0.15) is 17.8 Å². The number of amides is 4. The van der Waals surface area contributed by atoms with Crippen molar-refractivity contribution in [1.82, 2.24) is 15.5 Å². The van der Waals surface area contributed by atoms with Crippen molar-refractivity contribution in [3.05, 3.63) is 29.8 Å². The third-order valence-corrected chi connectivity index (χ3v) is 5.14. The Labute approximate surface area is 166 Å². The molecule has 0 saturated carbocycles. The molecular weight excluding hydrogens is 358 g/mol. The van der Waals surface area contributed by atoms with Gasteiger partial charge >= 0.3 is 6.03 Å². The molecular formula is C21H31N3O4. The smallest absolute Gasteiger partial charge is 0.325 e. The average Bonchev–Trinajstić information content (AvgIpc) is 2.89. The highest BCUT2D eigenvalue weighted by Crippen LogP contribution is 2.29. The van der Waals surface area contributed by atoms with Crippen LogP contribution in [-0.4, -0.2) is 42.4 Å². The topological polar surface area (TPSA) is 87.7 Å². The molecule has 7 heteroatoms. The normalized spacial score (nSPS) is 20.1. The van der Waals surface area contributed by atoms with Crippen LogP contribution in [0, 0.1) is 0 Å². The van der Waals surface area contributed by atoms with E-state index in [1.807, 2.05) is 6.92 Å². The summed E-state index contributed by atoms with van der Waals surface area (Å²) >= 11 is 0. The number of benzene rings is 1. The van der Waals surface area contributed by atoms with E-state index in [0.29, 0.717) is 11.3 Å². The van der Waals surface area contributed by atoms with Crippen molar-refractivity contribution in [2.45, 2.75) is 64.5 Å². The molecule has 0 spiro atoms. The molecule has 1 aliphatic rings. The highest BCUT2D eigenvalue weighted by Gasteiger charge is 2.49. The standard InChI is InChI=1S/C21H31N3O4/c1-5-6-7-8-9-15(2)22-18(25)14-24-19(26)21(3,23-20(24)27)16-10-12-17(28-4)13-11-16/h10-13,15H,5-9,14H2,1-4H3,(H,22,25)(H,23,27)/t15-,21-/m1/s1. The van der Waals surface area contributed by atoms with Gasteiger partial charge in [-0.3, -0.25) is 14.5 Å². The third-order valence-electron chi connectivity index (χ3n) is 5.14. The van der Waals surface area contributed by atoms with Crippen LogP contribution in [0.15, 0.2) is 24.3 Å². The maximum absolute atomic E-state index is 12.9. The van der Waals surface area contributed by atoms with Gasteiger partial charge in [0.2, 0.25) is 5.91 Å². The summed E-state index contributed by atoms with van der Waals surface area (Å²) in [6, 6.07) is 6.38. The molecule has 2 atom stereocenters. The Bertz CT molecular complexity index is 704. The maximum atomic E-state index is 12.9. The zero-order chi connectivity index (χ0) is 20.7. The first-order valence-corrected chi connectivity index (χ1v) is 9.89. The molecule has 7 nitrogen and oxygen atoms in total. The van der Waals surface area contributed by atoms with Gasteiger partial charge in [0.15, 0.2) is 0 Å². The monoisotopic (exact) mass is 389 g/mol. The second-order valence-electron chi connectivity index (χ2n) is 7.49. The van der Waals surface area contributed by atoms with Gasteiger partial charge in [-0.25, -0.2) is 4.79 Å². The van der Waals surface area contributed by atoms with E-state index >= 15 is 0 Å². The molecule has 0 aromatic heterocycles. The first-order chi connectivity index (χ1) is 13.3. The number of imide groups is 1. The molecule has 0 bridgehead atoms. The zero-order valence-corrected chi connectivity index (χ0v) is 17.2. The van der Waals surface area contributed by atoms with Crippen LogP contribution >= 0.6 is 0 Å². The van der Waals surface area contributed by atoms with E-state index in [1.165, 1.54) is 12.8 Å². The fourth-order valence-electron chi connectivity index (χ4n) is 3.37. The number of nitrogens with one attached hydrogen (secondary N) is 2. The molecule has 28 heavy (non-hydrogen) atoms. The highest BCUT2D eigenvalue weighted by atomic mass is 16.5. The Morgan fingerprint density at radius 3 is 2.50 bits per heavy atom. The van der Waals surface area contributed by atoms with Gasteiger partial charge in [0.05, 0.1) is 7.11 Å². The predicted molar refractivity (Wildman–Crippen MR) is 107 cm³/mol. The number of rotatable bonds is 10. The van der Waals surface area contributed by atoms with Crippen molar-refractivity contribution in [1.29, 1.82) is 0 Å². The minimum Gasteiger partial charge on any atom is -0.497 e. The Morgan fingerprint density at radius 1 is 1.21 bits per heavy atom. The minimum atomic E-state index is -1.20. The number of carbonyl (C=O) groups excluding carboxylic acids is 3. The van der Waals surface area contributed by atoms with E-state index < -0.39 is 17.5 Å². The van der Waals surface area contributed by atoms with E-state index in [2.05, 4.69) is 17.6 Å². The zero-order valence-electron chi connectivity index (χ0n) is 17.2. The predicted octanol–water partition coefficient (Wildman–Crippen LogP) is 2.94. The average molecular weight is 389 g/mol. The fraction of sp³-hybridized carbons (Fsp3) is 0.571. The van der Waals surface area contributed by atoms with Crippen molar-refractivity contribution in [3.63, 3.8) is 0 Å². The summed E-state index contributed by atoms with van der Waals surface area (Å²) in [4.78, 5) is 38.5. The number of ether oxygens (including phenoxy) is 1. The van der Waals surface area contributed by atoms with E-state index in [1.54, 1.807) is 38.3 Å². The quantitative estimate of drug-likeness (QED) is 0.476. The highest BCUT2D eigenvalue weighted by molar-refractivity contribution is 6.09. The van der Waals surface area contributed by atoms with E-state index in [4.69, 9.17) is 4.74 Å². The first-order valence-electron chi connectivity index (χ1n) is 9.89. The number of carbonyl (C=O) groups is 3. The summed E-state index contributed by atoms with van der Waals surface area (Å²) in [6.07, 6.45) is 5.43. The number of unbranched alkanes of at least 4 members (excludes halogenated alkanes) is 3.